The number of amides is 1. The van der Waals surface area contributed by atoms with E-state index in [1.807, 2.05) is 6.07 Å². The second-order valence-electron chi connectivity index (χ2n) is 4.90. The van der Waals surface area contributed by atoms with Crippen LogP contribution in [0.1, 0.15) is 19.8 Å². The van der Waals surface area contributed by atoms with Crippen LogP contribution in [-0.2, 0) is 9.59 Å². The van der Waals surface area contributed by atoms with Gasteiger partial charge >= 0.3 is 5.97 Å². The molecule has 0 saturated carbocycles. The Morgan fingerprint density at radius 1 is 1.38 bits per heavy atom. The van der Waals surface area contributed by atoms with Crippen LogP contribution >= 0.6 is 0 Å². The fourth-order valence-corrected chi connectivity index (χ4v) is 2.01. The number of rotatable bonds is 6. The van der Waals surface area contributed by atoms with Gasteiger partial charge in [0.1, 0.15) is 0 Å². The van der Waals surface area contributed by atoms with E-state index in [1.165, 1.54) is 6.39 Å². The van der Waals surface area contributed by atoms with Crippen LogP contribution in [0.25, 0.3) is 11.3 Å². The van der Waals surface area contributed by atoms with Crippen LogP contribution in [0, 0.1) is 5.92 Å². The summed E-state index contributed by atoms with van der Waals surface area (Å²) in [5.41, 5.74) is 1.44. The molecular formula is C15H16N2O4. The number of aliphatic carboxylic acids is 1. The highest BCUT2D eigenvalue weighted by Crippen LogP contribution is 2.22. The van der Waals surface area contributed by atoms with Gasteiger partial charge in [-0.25, -0.2) is 4.98 Å². The van der Waals surface area contributed by atoms with E-state index in [0.717, 1.165) is 5.56 Å². The molecule has 2 aromatic rings. The second-order valence-corrected chi connectivity index (χ2v) is 4.90. The van der Waals surface area contributed by atoms with Crippen LogP contribution in [0.4, 0.5) is 5.69 Å². The zero-order valence-corrected chi connectivity index (χ0v) is 11.6. The summed E-state index contributed by atoms with van der Waals surface area (Å²) >= 11 is 0. The molecule has 0 bridgehead atoms. The highest BCUT2D eigenvalue weighted by Gasteiger charge is 2.13. The molecule has 6 nitrogen and oxygen atoms in total. The summed E-state index contributed by atoms with van der Waals surface area (Å²) < 4.78 is 5.20. The molecule has 0 saturated heterocycles. The van der Waals surface area contributed by atoms with Crippen LogP contribution < -0.4 is 5.32 Å². The molecule has 0 aliphatic carbocycles. The third kappa shape index (κ3) is 4.45. The van der Waals surface area contributed by atoms with Crippen molar-refractivity contribution in [3.63, 3.8) is 0 Å². The van der Waals surface area contributed by atoms with Crippen LogP contribution in [0.15, 0.2) is 41.3 Å². The summed E-state index contributed by atoms with van der Waals surface area (Å²) in [6.07, 6.45) is 3.08. The van der Waals surface area contributed by atoms with Gasteiger partial charge in [0, 0.05) is 24.1 Å². The monoisotopic (exact) mass is 288 g/mol. The second kappa shape index (κ2) is 6.69. The molecule has 1 amide bonds. The van der Waals surface area contributed by atoms with Gasteiger partial charge in [0.05, 0.1) is 6.20 Å². The number of hydrogen-bond donors (Lipinski definition) is 2. The Kier molecular flexibility index (Phi) is 4.71. The standard InChI is InChI=1S/C15H16N2O4/c1-10(6-15(19)20)5-14(18)17-12-4-2-3-11(7-12)13-8-16-9-21-13/h2-4,7-10H,5-6H2,1H3,(H,17,18)(H,19,20). The van der Waals surface area contributed by atoms with Crippen LogP contribution in [0.3, 0.4) is 0 Å². The first-order valence-corrected chi connectivity index (χ1v) is 6.55. The normalized spacial score (nSPS) is 11.9. The predicted molar refractivity (Wildman–Crippen MR) is 76.6 cm³/mol. The number of carboxylic acid groups (broad SMARTS) is 1. The van der Waals surface area contributed by atoms with Gasteiger partial charge in [0.2, 0.25) is 5.91 Å². The lowest BCUT2D eigenvalue weighted by molar-refractivity contribution is -0.138. The smallest absolute Gasteiger partial charge is 0.303 e. The third-order valence-electron chi connectivity index (χ3n) is 2.92. The third-order valence-corrected chi connectivity index (χ3v) is 2.92. The first-order chi connectivity index (χ1) is 10.0. The average molecular weight is 288 g/mol. The summed E-state index contributed by atoms with van der Waals surface area (Å²) in [5.74, 6) is -0.702. The number of benzene rings is 1. The van der Waals surface area contributed by atoms with Crippen molar-refractivity contribution in [3.8, 4) is 11.3 Å². The highest BCUT2D eigenvalue weighted by atomic mass is 16.4. The van der Waals surface area contributed by atoms with Crippen molar-refractivity contribution in [2.75, 3.05) is 5.32 Å². The van der Waals surface area contributed by atoms with Crippen molar-refractivity contribution in [1.29, 1.82) is 0 Å². The molecule has 1 unspecified atom stereocenters. The number of oxazole rings is 1. The van der Waals surface area contributed by atoms with Gasteiger partial charge in [-0.3, -0.25) is 9.59 Å². The summed E-state index contributed by atoms with van der Waals surface area (Å²) in [6, 6.07) is 7.19. The molecule has 1 atom stereocenters. The van der Waals surface area contributed by atoms with E-state index in [9.17, 15) is 9.59 Å². The van der Waals surface area contributed by atoms with E-state index in [-0.39, 0.29) is 24.7 Å². The van der Waals surface area contributed by atoms with E-state index in [2.05, 4.69) is 10.3 Å². The Hall–Kier alpha value is -2.63. The Balaban J connectivity index is 1.98. The van der Waals surface area contributed by atoms with E-state index in [0.29, 0.717) is 11.4 Å². The summed E-state index contributed by atoms with van der Waals surface area (Å²) in [5, 5.41) is 11.4. The van der Waals surface area contributed by atoms with Crippen molar-refractivity contribution in [2.45, 2.75) is 19.8 Å². The van der Waals surface area contributed by atoms with Gasteiger partial charge in [-0.15, -0.1) is 0 Å². The molecule has 0 fully saturated rings. The molecule has 0 aliphatic rings. The quantitative estimate of drug-likeness (QED) is 0.852. The Labute approximate surface area is 121 Å². The topological polar surface area (TPSA) is 92.4 Å². The van der Waals surface area contributed by atoms with Crippen LogP contribution in [0.5, 0.6) is 0 Å². The molecule has 1 aromatic carbocycles. The van der Waals surface area contributed by atoms with Gasteiger partial charge < -0.3 is 14.8 Å². The van der Waals surface area contributed by atoms with Gasteiger partial charge in [0.15, 0.2) is 12.2 Å². The van der Waals surface area contributed by atoms with Crippen LogP contribution in [-0.4, -0.2) is 22.0 Å². The Bertz CT molecular complexity index is 622. The lowest BCUT2D eigenvalue weighted by atomic mass is 10.0. The van der Waals surface area contributed by atoms with Gasteiger partial charge in [0.25, 0.3) is 0 Å². The van der Waals surface area contributed by atoms with Crippen molar-refractivity contribution in [3.05, 3.63) is 36.9 Å². The summed E-state index contributed by atoms with van der Waals surface area (Å²) in [7, 11) is 0. The maximum absolute atomic E-state index is 11.9. The zero-order chi connectivity index (χ0) is 15.2. The molecule has 6 heteroatoms. The van der Waals surface area contributed by atoms with Gasteiger partial charge in [-0.05, 0) is 18.1 Å². The van der Waals surface area contributed by atoms with Crippen LogP contribution in [0.2, 0.25) is 0 Å². The Morgan fingerprint density at radius 3 is 2.86 bits per heavy atom. The molecule has 0 aliphatic heterocycles. The number of carbonyl (C=O) groups excluding carboxylic acids is 1. The van der Waals surface area contributed by atoms with Crippen molar-refractivity contribution in [2.24, 2.45) is 5.92 Å². The highest BCUT2D eigenvalue weighted by molar-refractivity contribution is 5.91. The first-order valence-electron chi connectivity index (χ1n) is 6.55. The van der Waals surface area contributed by atoms with Gasteiger partial charge in [-0.1, -0.05) is 19.1 Å². The molecule has 1 aromatic heterocycles. The Morgan fingerprint density at radius 2 is 2.19 bits per heavy atom. The van der Waals surface area contributed by atoms with Crippen molar-refractivity contribution < 1.29 is 19.1 Å². The predicted octanol–water partition coefficient (Wildman–Crippen LogP) is 2.78. The zero-order valence-electron chi connectivity index (χ0n) is 11.6. The fraction of sp³-hybridized carbons (Fsp3) is 0.267. The molecular weight excluding hydrogens is 272 g/mol. The molecule has 2 rings (SSSR count). The number of nitrogens with one attached hydrogen (secondary N) is 1. The number of carbonyl (C=O) groups is 2. The average Bonchev–Trinajstić information content (AvgIpc) is 2.91. The largest absolute Gasteiger partial charge is 0.481 e. The van der Waals surface area contributed by atoms with E-state index in [1.54, 1.807) is 31.3 Å². The summed E-state index contributed by atoms with van der Waals surface area (Å²) in [6.45, 7) is 1.73. The minimum absolute atomic E-state index is 0.0223. The minimum atomic E-state index is -0.900. The van der Waals surface area contributed by atoms with E-state index >= 15 is 0 Å². The molecule has 21 heavy (non-hydrogen) atoms. The van der Waals surface area contributed by atoms with E-state index < -0.39 is 5.97 Å². The number of nitrogens with zero attached hydrogens (tertiary/aromatic N) is 1. The maximum Gasteiger partial charge on any atom is 0.303 e. The molecule has 0 radical (unpaired) electrons. The van der Waals surface area contributed by atoms with E-state index in [4.69, 9.17) is 9.52 Å². The number of carboxylic acids is 1. The van der Waals surface area contributed by atoms with Crippen molar-refractivity contribution >= 4 is 17.6 Å². The SMILES string of the molecule is CC(CC(=O)O)CC(=O)Nc1cccc(-c2cnco2)c1. The van der Waals surface area contributed by atoms with Crippen molar-refractivity contribution in [1.82, 2.24) is 4.98 Å². The first kappa shape index (κ1) is 14.8. The molecule has 0 spiro atoms. The minimum Gasteiger partial charge on any atom is -0.481 e. The molecule has 2 N–H and O–H groups in total. The molecule has 110 valence electrons. The number of aromatic nitrogens is 1. The molecule has 1 heterocycles. The van der Waals surface area contributed by atoms with Gasteiger partial charge in [-0.2, -0.15) is 0 Å². The lowest BCUT2D eigenvalue weighted by Crippen LogP contribution is -2.16. The maximum atomic E-state index is 11.9. The lowest BCUT2D eigenvalue weighted by Gasteiger charge is -2.10. The number of hydrogen-bond acceptors (Lipinski definition) is 4. The summed E-state index contributed by atoms with van der Waals surface area (Å²) in [4.78, 5) is 26.3. The fourth-order valence-electron chi connectivity index (χ4n) is 2.01. The number of anilines is 1.